The van der Waals surface area contributed by atoms with Crippen LogP contribution in [0.25, 0.3) is 10.2 Å². The van der Waals surface area contributed by atoms with Crippen LogP contribution >= 0.6 is 11.3 Å². The van der Waals surface area contributed by atoms with Gasteiger partial charge in [-0.3, -0.25) is 4.79 Å². The van der Waals surface area contributed by atoms with Crippen LogP contribution in [0.2, 0.25) is 0 Å². The zero-order valence-corrected chi connectivity index (χ0v) is 15.3. The second-order valence-corrected chi connectivity index (χ2v) is 6.90. The molecule has 0 radical (unpaired) electrons. The van der Waals surface area contributed by atoms with E-state index in [2.05, 4.69) is 9.72 Å². The number of thiazole rings is 1. The van der Waals surface area contributed by atoms with Gasteiger partial charge in [0.25, 0.3) is 0 Å². The normalized spacial score (nSPS) is 10.7. The maximum atomic E-state index is 11.9. The number of para-hydroxylation sites is 1. The third kappa shape index (κ3) is 4.67. The lowest BCUT2D eigenvalue weighted by Crippen LogP contribution is -2.06. The van der Waals surface area contributed by atoms with Gasteiger partial charge < -0.3 is 9.47 Å². The molecule has 0 unspecified atom stereocenters. The molecule has 0 aliphatic rings. The van der Waals surface area contributed by atoms with Gasteiger partial charge in [0.05, 0.1) is 27.9 Å². The zero-order valence-electron chi connectivity index (χ0n) is 14.4. The lowest BCUT2D eigenvalue weighted by molar-refractivity contribution is -0.145. The molecule has 0 atom stereocenters. The summed E-state index contributed by atoms with van der Waals surface area (Å²) < 4.78 is 11.1. The summed E-state index contributed by atoms with van der Waals surface area (Å²) in [6, 6.07) is 14.9. The Hall–Kier alpha value is -2.73. The third-order valence-electron chi connectivity index (χ3n) is 3.86. The minimum Gasteiger partial charge on any atom is -0.465 e. The van der Waals surface area contributed by atoms with Crippen LogP contribution in [0.1, 0.15) is 33.8 Å². The van der Waals surface area contributed by atoms with E-state index in [0.29, 0.717) is 18.4 Å². The molecule has 1 aromatic heterocycles. The van der Waals surface area contributed by atoms with E-state index in [1.807, 2.05) is 24.3 Å². The van der Waals surface area contributed by atoms with E-state index in [1.165, 1.54) is 7.11 Å². The summed E-state index contributed by atoms with van der Waals surface area (Å²) in [4.78, 5) is 28.0. The number of aromatic nitrogens is 1. The monoisotopic (exact) mass is 369 g/mol. The topological polar surface area (TPSA) is 65.5 Å². The smallest absolute Gasteiger partial charge is 0.337 e. The number of rotatable bonds is 7. The van der Waals surface area contributed by atoms with Crippen LogP contribution in [-0.2, 0) is 27.3 Å². The van der Waals surface area contributed by atoms with Crippen LogP contribution in [0, 0.1) is 0 Å². The van der Waals surface area contributed by atoms with Gasteiger partial charge >= 0.3 is 11.9 Å². The van der Waals surface area contributed by atoms with Crippen molar-refractivity contribution in [2.45, 2.75) is 25.9 Å². The molecule has 26 heavy (non-hydrogen) atoms. The molecule has 3 aromatic rings. The van der Waals surface area contributed by atoms with Crippen LogP contribution in [0.15, 0.2) is 48.5 Å². The highest BCUT2D eigenvalue weighted by Gasteiger charge is 2.09. The standard InChI is InChI=1S/C20H19NO4S/c1-24-20(23)15-7-4-6-14(12-15)13-25-19(22)11-5-10-18-21-16-8-2-3-9-17(16)26-18/h2-4,6-9,12H,5,10-11,13H2,1H3. The molecule has 5 nitrogen and oxygen atoms in total. The molecular formula is C20H19NO4S. The van der Waals surface area contributed by atoms with Gasteiger partial charge in [-0.15, -0.1) is 11.3 Å². The lowest BCUT2D eigenvalue weighted by atomic mass is 10.1. The number of carbonyl (C=O) groups excluding carboxylic acids is 2. The average molecular weight is 369 g/mol. The van der Waals surface area contributed by atoms with E-state index < -0.39 is 5.97 Å². The first-order chi connectivity index (χ1) is 12.7. The predicted octanol–water partition coefficient (Wildman–Crippen LogP) is 4.15. The van der Waals surface area contributed by atoms with Gasteiger partial charge in [-0.2, -0.15) is 0 Å². The average Bonchev–Trinajstić information content (AvgIpc) is 3.08. The molecule has 0 spiro atoms. The number of aryl methyl sites for hydroxylation is 1. The van der Waals surface area contributed by atoms with Crippen molar-refractivity contribution in [2.24, 2.45) is 0 Å². The van der Waals surface area contributed by atoms with Crippen molar-refractivity contribution in [1.29, 1.82) is 0 Å². The summed E-state index contributed by atoms with van der Waals surface area (Å²) in [6.07, 6.45) is 1.79. The highest BCUT2D eigenvalue weighted by Crippen LogP contribution is 2.22. The Morgan fingerprint density at radius 3 is 2.77 bits per heavy atom. The SMILES string of the molecule is COC(=O)c1cccc(COC(=O)CCCc2nc3ccccc3s2)c1. The van der Waals surface area contributed by atoms with Gasteiger partial charge in [0.2, 0.25) is 0 Å². The fraction of sp³-hybridized carbons (Fsp3) is 0.250. The number of benzene rings is 2. The minimum atomic E-state index is -0.408. The second-order valence-electron chi connectivity index (χ2n) is 5.78. The molecule has 0 amide bonds. The second kappa shape index (κ2) is 8.58. The Morgan fingerprint density at radius 2 is 1.96 bits per heavy atom. The van der Waals surface area contributed by atoms with Crippen molar-refractivity contribution < 1.29 is 19.1 Å². The van der Waals surface area contributed by atoms with Crippen molar-refractivity contribution in [1.82, 2.24) is 4.98 Å². The number of esters is 2. The predicted molar refractivity (Wildman–Crippen MR) is 100 cm³/mol. The van der Waals surface area contributed by atoms with E-state index in [-0.39, 0.29) is 12.6 Å². The van der Waals surface area contributed by atoms with Crippen molar-refractivity contribution in [3.8, 4) is 0 Å². The Balaban J connectivity index is 1.45. The molecule has 0 bridgehead atoms. The van der Waals surface area contributed by atoms with Crippen LogP contribution in [0.4, 0.5) is 0 Å². The van der Waals surface area contributed by atoms with Crippen LogP contribution in [0.5, 0.6) is 0 Å². The summed E-state index contributed by atoms with van der Waals surface area (Å²) in [5.74, 6) is -0.663. The maximum Gasteiger partial charge on any atom is 0.337 e. The first-order valence-corrected chi connectivity index (χ1v) is 9.14. The van der Waals surface area contributed by atoms with Crippen molar-refractivity contribution >= 4 is 33.5 Å². The lowest BCUT2D eigenvalue weighted by Gasteiger charge is -2.06. The maximum absolute atomic E-state index is 11.9. The Bertz CT molecular complexity index is 886. The largest absolute Gasteiger partial charge is 0.465 e. The fourth-order valence-corrected chi connectivity index (χ4v) is 3.56. The number of hydrogen-bond acceptors (Lipinski definition) is 6. The Kier molecular flexibility index (Phi) is 5.96. The number of methoxy groups -OCH3 is 1. The molecular weight excluding hydrogens is 350 g/mol. The van der Waals surface area contributed by atoms with E-state index >= 15 is 0 Å². The minimum absolute atomic E-state index is 0.144. The van der Waals surface area contributed by atoms with E-state index in [4.69, 9.17) is 4.74 Å². The number of fused-ring (bicyclic) bond motifs is 1. The molecule has 0 aliphatic heterocycles. The Labute approximate surface area is 155 Å². The number of nitrogens with zero attached hydrogens (tertiary/aromatic N) is 1. The first-order valence-electron chi connectivity index (χ1n) is 8.33. The van der Waals surface area contributed by atoms with Crippen molar-refractivity contribution in [2.75, 3.05) is 7.11 Å². The van der Waals surface area contributed by atoms with Gasteiger partial charge in [0, 0.05) is 6.42 Å². The molecule has 0 saturated heterocycles. The quantitative estimate of drug-likeness (QED) is 0.585. The zero-order chi connectivity index (χ0) is 18.4. The molecule has 0 fully saturated rings. The molecule has 6 heteroatoms. The first kappa shape index (κ1) is 18.1. The molecule has 1 heterocycles. The van der Waals surface area contributed by atoms with Gasteiger partial charge in [-0.05, 0) is 42.7 Å². The molecule has 2 aromatic carbocycles. The molecule has 134 valence electrons. The third-order valence-corrected chi connectivity index (χ3v) is 4.95. The van der Waals surface area contributed by atoms with Gasteiger partial charge in [-0.1, -0.05) is 24.3 Å². The molecule has 0 aliphatic carbocycles. The number of hydrogen-bond donors (Lipinski definition) is 0. The van der Waals surface area contributed by atoms with E-state index in [0.717, 1.165) is 27.2 Å². The van der Waals surface area contributed by atoms with E-state index in [9.17, 15) is 9.59 Å². The van der Waals surface area contributed by atoms with Crippen LogP contribution in [0.3, 0.4) is 0 Å². The van der Waals surface area contributed by atoms with Gasteiger partial charge in [0.1, 0.15) is 6.61 Å². The van der Waals surface area contributed by atoms with Crippen LogP contribution in [-0.4, -0.2) is 24.0 Å². The van der Waals surface area contributed by atoms with Crippen molar-refractivity contribution in [3.63, 3.8) is 0 Å². The Morgan fingerprint density at radius 1 is 1.12 bits per heavy atom. The highest BCUT2D eigenvalue weighted by molar-refractivity contribution is 7.18. The highest BCUT2D eigenvalue weighted by atomic mass is 32.1. The summed E-state index contributed by atoms with van der Waals surface area (Å²) in [6.45, 7) is 0.144. The van der Waals surface area contributed by atoms with Crippen molar-refractivity contribution in [3.05, 3.63) is 64.7 Å². The summed E-state index contributed by atoms with van der Waals surface area (Å²) in [7, 11) is 1.33. The van der Waals surface area contributed by atoms with E-state index in [1.54, 1.807) is 35.6 Å². The molecule has 0 N–H and O–H groups in total. The summed E-state index contributed by atoms with van der Waals surface area (Å²) >= 11 is 1.66. The van der Waals surface area contributed by atoms with Gasteiger partial charge in [0.15, 0.2) is 0 Å². The fourth-order valence-electron chi connectivity index (χ4n) is 2.55. The molecule has 0 saturated carbocycles. The van der Waals surface area contributed by atoms with Gasteiger partial charge in [-0.25, -0.2) is 9.78 Å². The number of ether oxygens (including phenoxy) is 2. The molecule has 3 rings (SSSR count). The number of carbonyl (C=O) groups is 2. The summed E-state index contributed by atoms with van der Waals surface area (Å²) in [5, 5.41) is 1.03. The van der Waals surface area contributed by atoms with Crippen LogP contribution < -0.4 is 0 Å². The summed E-state index contributed by atoms with van der Waals surface area (Å²) in [5.41, 5.74) is 2.20.